The average Bonchev–Trinajstić information content (AvgIpc) is 3.00. The first-order valence-electron chi connectivity index (χ1n) is 6.24. The van der Waals surface area contributed by atoms with Gasteiger partial charge in [0.05, 0.1) is 25.7 Å². The number of hydrogen-bond acceptors (Lipinski definition) is 4. The lowest BCUT2D eigenvalue weighted by atomic mass is 10.0. The lowest BCUT2D eigenvalue weighted by molar-refractivity contribution is -0.144. The number of hydrogen-bond donors (Lipinski definition) is 1. The van der Waals surface area contributed by atoms with Crippen LogP contribution in [0.5, 0.6) is 0 Å². The van der Waals surface area contributed by atoms with Crippen molar-refractivity contribution < 1.29 is 19.4 Å². The van der Waals surface area contributed by atoms with Crippen LogP contribution in [0.25, 0.3) is 0 Å². The number of likely N-dealkylation sites (N-methyl/N-ethyl adjacent to an activating group) is 1. The third-order valence-corrected chi connectivity index (χ3v) is 4.10. The Kier molecular flexibility index (Phi) is 4.55. The molecule has 0 bridgehead atoms. The van der Waals surface area contributed by atoms with E-state index in [1.54, 1.807) is 16.2 Å². The molecule has 1 aromatic heterocycles. The minimum atomic E-state index is -0.899. The van der Waals surface area contributed by atoms with Crippen molar-refractivity contribution in [3.05, 3.63) is 22.4 Å². The second-order valence-corrected chi connectivity index (χ2v) is 5.32. The zero-order chi connectivity index (χ0) is 13.8. The summed E-state index contributed by atoms with van der Waals surface area (Å²) in [5.41, 5.74) is 0.972. The molecule has 2 unspecified atom stereocenters. The predicted octanol–water partition coefficient (Wildman–Crippen LogP) is 1.24. The van der Waals surface area contributed by atoms with Crippen molar-refractivity contribution in [3.63, 3.8) is 0 Å². The number of thiophene rings is 1. The smallest absolute Gasteiger partial charge is 0.311 e. The molecule has 5 nitrogen and oxygen atoms in total. The zero-order valence-electron chi connectivity index (χ0n) is 10.7. The minimum absolute atomic E-state index is 0.0392. The molecule has 1 aliphatic heterocycles. The van der Waals surface area contributed by atoms with Gasteiger partial charge in [-0.25, -0.2) is 0 Å². The van der Waals surface area contributed by atoms with Gasteiger partial charge in [-0.15, -0.1) is 0 Å². The van der Waals surface area contributed by atoms with E-state index in [0.29, 0.717) is 19.6 Å². The van der Waals surface area contributed by atoms with E-state index in [1.807, 2.05) is 23.8 Å². The van der Waals surface area contributed by atoms with Gasteiger partial charge in [-0.2, -0.15) is 11.3 Å². The average molecular weight is 283 g/mol. The van der Waals surface area contributed by atoms with E-state index in [4.69, 9.17) is 9.84 Å². The topological polar surface area (TPSA) is 66.8 Å². The Balaban J connectivity index is 2.06. The van der Waals surface area contributed by atoms with Gasteiger partial charge in [0.1, 0.15) is 5.92 Å². The van der Waals surface area contributed by atoms with E-state index in [-0.39, 0.29) is 18.6 Å². The Morgan fingerprint density at radius 3 is 2.89 bits per heavy atom. The summed E-state index contributed by atoms with van der Waals surface area (Å²) < 4.78 is 5.23. The second kappa shape index (κ2) is 6.16. The van der Waals surface area contributed by atoms with Crippen LogP contribution in [0.15, 0.2) is 16.8 Å². The van der Waals surface area contributed by atoms with Crippen molar-refractivity contribution in [2.75, 3.05) is 19.8 Å². The van der Waals surface area contributed by atoms with Gasteiger partial charge in [-0.3, -0.25) is 9.59 Å². The Bertz CT molecular complexity index is 446. The van der Waals surface area contributed by atoms with Crippen LogP contribution in [-0.4, -0.2) is 47.7 Å². The fraction of sp³-hybridized carbons (Fsp3) is 0.538. The van der Waals surface area contributed by atoms with Gasteiger partial charge in [-0.05, 0) is 29.3 Å². The number of nitrogens with zero attached hydrogens (tertiary/aromatic N) is 1. The summed E-state index contributed by atoms with van der Waals surface area (Å²) in [4.78, 5) is 25.1. The quantitative estimate of drug-likeness (QED) is 0.883. The van der Waals surface area contributed by atoms with Crippen molar-refractivity contribution in [2.45, 2.75) is 19.4 Å². The SMILES string of the molecule is CCN(C(=O)Cc1ccsc1)C1COCC1C(=O)O. The van der Waals surface area contributed by atoms with Crippen LogP contribution in [0.4, 0.5) is 0 Å². The van der Waals surface area contributed by atoms with Crippen LogP contribution in [0.1, 0.15) is 12.5 Å². The molecule has 0 radical (unpaired) electrons. The highest BCUT2D eigenvalue weighted by Gasteiger charge is 2.39. The molecule has 0 aromatic carbocycles. The van der Waals surface area contributed by atoms with Gasteiger partial charge in [-0.1, -0.05) is 0 Å². The summed E-state index contributed by atoms with van der Waals surface area (Å²) in [6.07, 6.45) is 0.320. The van der Waals surface area contributed by atoms with Gasteiger partial charge >= 0.3 is 5.97 Å². The lowest BCUT2D eigenvalue weighted by Crippen LogP contribution is -2.47. The molecule has 1 N–H and O–H groups in total. The third-order valence-electron chi connectivity index (χ3n) is 3.36. The van der Waals surface area contributed by atoms with Crippen LogP contribution in [0.3, 0.4) is 0 Å². The molecule has 2 heterocycles. The first-order valence-corrected chi connectivity index (χ1v) is 7.18. The molecule has 2 atom stereocenters. The molecule has 0 spiro atoms. The molecule has 19 heavy (non-hydrogen) atoms. The van der Waals surface area contributed by atoms with Gasteiger partial charge in [0.25, 0.3) is 0 Å². The molecular formula is C13H17NO4S. The van der Waals surface area contributed by atoms with E-state index in [0.717, 1.165) is 5.56 Å². The highest BCUT2D eigenvalue weighted by atomic mass is 32.1. The van der Waals surface area contributed by atoms with E-state index in [1.165, 1.54) is 0 Å². The van der Waals surface area contributed by atoms with Crippen LogP contribution in [0, 0.1) is 5.92 Å². The van der Waals surface area contributed by atoms with E-state index in [9.17, 15) is 9.59 Å². The summed E-state index contributed by atoms with van der Waals surface area (Å²) >= 11 is 1.55. The Morgan fingerprint density at radius 1 is 1.53 bits per heavy atom. The second-order valence-electron chi connectivity index (χ2n) is 4.54. The number of amides is 1. The number of carboxylic acids is 1. The van der Waals surface area contributed by atoms with Crippen LogP contribution in [0.2, 0.25) is 0 Å². The van der Waals surface area contributed by atoms with Crippen molar-refractivity contribution in [1.29, 1.82) is 0 Å². The normalized spacial score (nSPS) is 22.4. The monoisotopic (exact) mass is 283 g/mol. The van der Waals surface area contributed by atoms with Crippen LogP contribution >= 0.6 is 11.3 Å². The fourth-order valence-electron chi connectivity index (χ4n) is 2.35. The molecule has 1 saturated heterocycles. The largest absolute Gasteiger partial charge is 0.481 e. The summed E-state index contributed by atoms with van der Waals surface area (Å²) in [7, 11) is 0. The van der Waals surface area contributed by atoms with Crippen LogP contribution in [-0.2, 0) is 20.7 Å². The predicted molar refractivity (Wildman–Crippen MR) is 71.1 cm³/mol. The van der Waals surface area contributed by atoms with Gasteiger partial charge in [0.2, 0.25) is 5.91 Å². The summed E-state index contributed by atoms with van der Waals surface area (Å²) in [5.74, 6) is -1.56. The first-order chi connectivity index (χ1) is 9.13. The number of rotatable bonds is 5. The van der Waals surface area contributed by atoms with E-state index >= 15 is 0 Å². The Labute approximate surface area is 115 Å². The molecule has 6 heteroatoms. The Morgan fingerprint density at radius 2 is 2.32 bits per heavy atom. The van der Waals surface area contributed by atoms with E-state index in [2.05, 4.69) is 0 Å². The number of carbonyl (C=O) groups excluding carboxylic acids is 1. The maximum atomic E-state index is 12.3. The van der Waals surface area contributed by atoms with Crippen molar-refractivity contribution in [3.8, 4) is 0 Å². The molecule has 1 amide bonds. The molecule has 1 aliphatic rings. The number of ether oxygens (including phenoxy) is 1. The van der Waals surface area contributed by atoms with Crippen molar-refractivity contribution in [2.24, 2.45) is 5.92 Å². The van der Waals surface area contributed by atoms with Gasteiger partial charge in [0.15, 0.2) is 0 Å². The van der Waals surface area contributed by atoms with Crippen molar-refractivity contribution in [1.82, 2.24) is 4.90 Å². The summed E-state index contributed by atoms with van der Waals surface area (Å²) in [6, 6.07) is 1.56. The number of carboxylic acid groups (broad SMARTS) is 1. The molecule has 104 valence electrons. The standard InChI is InChI=1S/C13H17NO4S/c1-2-14(11-7-18-6-10(11)13(16)17)12(15)5-9-3-4-19-8-9/h3-4,8,10-11H,2,5-7H2,1H3,(H,16,17). The van der Waals surface area contributed by atoms with Gasteiger partial charge in [0, 0.05) is 6.54 Å². The number of aliphatic carboxylic acids is 1. The maximum Gasteiger partial charge on any atom is 0.311 e. The van der Waals surface area contributed by atoms with Gasteiger partial charge < -0.3 is 14.7 Å². The molecule has 1 aromatic rings. The lowest BCUT2D eigenvalue weighted by Gasteiger charge is -2.29. The highest BCUT2D eigenvalue weighted by molar-refractivity contribution is 7.07. The third kappa shape index (κ3) is 3.13. The maximum absolute atomic E-state index is 12.3. The summed E-state index contributed by atoms with van der Waals surface area (Å²) in [6.45, 7) is 2.85. The van der Waals surface area contributed by atoms with Crippen LogP contribution < -0.4 is 0 Å². The zero-order valence-corrected chi connectivity index (χ0v) is 11.6. The first kappa shape index (κ1) is 14.0. The molecule has 1 fully saturated rings. The van der Waals surface area contributed by atoms with Crippen molar-refractivity contribution >= 4 is 23.2 Å². The van der Waals surface area contributed by atoms with E-state index < -0.39 is 11.9 Å². The number of carbonyl (C=O) groups is 2. The molecule has 0 aliphatic carbocycles. The minimum Gasteiger partial charge on any atom is -0.481 e. The molecule has 2 rings (SSSR count). The molecular weight excluding hydrogens is 266 g/mol. The Hall–Kier alpha value is -1.40. The highest BCUT2D eigenvalue weighted by Crippen LogP contribution is 2.21. The molecule has 0 saturated carbocycles. The summed E-state index contributed by atoms with van der Waals surface area (Å²) in [5, 5.41) is 13.0. The fourth-order valence-corrected chi connectivity index (χ4v) is 3.02.